The van der Waals surface area contributed by atoms with Gasteiger partial charge in [-0.2, -0.15) is 13.2 Å². The predicted octanol–water partition coefficient (Wildman–Crippen LogP) is 7.08. The monoisotopic (exact) mass is 444 g/mol. The summed E-state index contributed by atoms with van der Waals surface area (Å²) in [6.07, 6.45) is 3.82. The standard InChI is InChI=1S/C24H35F3O4/c1-2-3-4-5-6-7-8-9-10-14-19-30-21(28)17-18-22(29)31-23(24(25,26)27)20-15-12-11-13-16-20/h11-13,15-16,23H,2-10,14,17-19H2,1H3. The predicted molar refractivity (Wildman–Crippen MR) is 113 cm³/mol. The number of benzene rings is 1. The highest BCUT2D eigenvalue weighted by Crippen LogP contribution is 2.36. The van der Waals surface area contributed by atoms with Gasteiger partial charge >= 0.3 is 18.1 Å². The number of carbonyl (C=O) groups is 2. The zero-order valence-electron chi connectivity index (χ0n) is 18.4. The molecule has 0 heterocycles. The molecule has 0 aromatic heterocycles. The van der Waals surface area contributed by atoms with Crippen molar-refractivity contribution in [2.45, 2.75) is 96.3 Å². The number of hydrogen-bond acceptors (Lipinski definition) is 4. The molecule has 1 aromatic carbocycles. The Hall–Kier alpha value is -2.05. The van der Waals surface area contributed by atoms with Crippen LogP contribution in [0.15, 0.2) is 30.3 Å². The maximum atomic E-state index is 13.2. The van der Waals surface area contributed by atoms with Gasteiger partial charge in [0, 0.05) is 5.56 Å². The highest BCUT2D eigenvalue weighted by molar-refractivity contribution is 5.77. The molecule has 0 spiro atoms. The number of rotatable bonds is 16. The molecule has 1 rings (SSSR count). The molecule has 0 aliphatic heterocycles. The van der Waals surface area contributed by atoms with E-state index in [1.165, 1.54) is 69.2 Å². The largest absolute Gasteiger partial charge is 0.466 e. The fourth-order valence-electron chi connectivity index (χ4n) is 3.19. The van der Waals surface area contributed by atoms with Crippen LogP contribution >= 0.6 is 0 Å². The lowest BCUT2D eigenvalue weighted by Gasteiger charge is -2.21. The van der Waals surface area contributed by atoms with E-state index in [1.54, 1.807) is 6.07 Å². The van der Waals surface area contributed by atoms with Gasteiger partial charge in [0.25, 0.3) is 0 Å². The van der Waals surface area contributed by atoms with Crippen molar-refractivity contribution in [3.63, 3.8) is 0 Å². The average Bonchev–Trinajstić information content (AvgIpc) is 2.74. The van der Waals surface area contributed by atoms with Crippen LogP contribution in [-0.2, 0) is 19.1 Å². The zero-order chi connectivity index (χ0) is 23.0. The number of unbranched alkanes of at least 4 members (excludes halogenated alkanes) is 9. The Balaban J connectivity index is 2.14. The Kier molecular flexibility index (Phi) is 13.7. The Morgan fingerprint density at radius 1 is 0.806 bits per heavy atom. The van der Waals surface area contributed by atoms with E-state index < -0.39 is 30.6 Å². The van der Waals surface area contributed by atoms with Crippen LogP contribution in [-0.4, -0.2) is 24.7 Å². The van der Waals surface area contributed by atoms with Crippen LogP contribution in [0.5, 0.6) is 0 Å². The van der Waals surface area contributed by atoms with Gasteiger partial charge in [0.1, 0.15) is 0 Å². The van der Waals surface area contributed by atoms with Gasteiger partial charge < -0.3 is 9.47 Å². The van der Waals surface area contributed by atoms with Gasteiger partial charge in [0.05, 0.1) is 19.4 Å². The smallest absolute Gasteiger partial charge is 0.429 e. The summed E-state index contributed by atoms with van der Waals surface area (Å²) >= 11 is 0. The molecule has 0 saturated carbocycles. The lowest BCUT2D eigenvalue weighted by Crippen LogP contribution is -2.26. The minimum atomic E-state index is -4.73. The molecule has 4 nitrogen and oxygen atoms in total. The molecule has 0 aliphatic rings. The van der Waals surface area contributed by atoms with E-state index in [-0.39, 0.29) is 18.6 Å². The molecular weight excluding hydrogens is 409 g/mol. The first kappa shape index (κ1) is 27.0. The lowest BCUT2D eigenvalue weighted by atomic mass is 10.1. The molecule has 1 unspecified atom stereocenters. The first-order valence-corrected chi connectivity index (χ1v) is 11.3. The molecule has 0 aliphatic carbocycles. The number of halogens is 3. The molecule has 0 amide bonds. The first-order valence-electron chi connectivity index (χ1n) is 11.3. The summed E-state index contributed by atoms with van der Waals surface area (Å²) in [5.74, 6) is -1.68. The van der Waals surface area contributed by atoms with Crippen LogP contribution in [0.3, 0.4) is 0 Å². The Labute approximate surface area is 183 Å². The van der Waals surface area contributed by atoms with Crippen molar-refractivity contribution in [2.24, 2.45) is 0 Å². The van der Waals surface area contributed by atoms with Crippen molar-refractivity contribution < 1.29 is 32.2 Å². The van der Waals surface area contributed by atoms with Gasteiger partial charge in [-0.3, -0.25) is 9.59 Å². The topological polar surface area (TPSA) is 52.6 Å². The second-order valence-electron chi connectivity index (χ2n) is 7.72. The summed E-state index contributed by atoms with van der Waals surface area (Å²) in [5.41, 5.74) is -0.160. The van der Waals surface area contributed by atoms with Crippen molar-refractivity contribution in [3.05, 3.63) is 35.9 Å². The van der Waals surface area contributed by atoms with Crippen molar-refractivity contribution in [3.8, 4) is 0 Å². The minimum Gasteiger partial charge on any atom is -0.466 e. The Bertz CT molecular complexity index is 617. The number of alkyl halides is 3. The molecule has 1 atom stereocenters. The zero-order valence-corrected chi connectivity index (χ0v) is 18.4. The first-order chi connectivity index (χ1) is 14.8. The van der Waals surface area contributed by atoms with Gasteiger partial charge in [-0.15, -0.1) is 0 Å². The van der Waals surface area contributed by atoms with Crippen LogP contribution in [0.4, 0.5) is 13.2 Å². The molecule has 0 radical (unpaired) electrons. The van der Waals surface area contributed by atoms with E-state index >= 15 is 0 Å². The van der Waals surface area contributed by atoms with Crippen molar-refractivity contribution >= 4 is 11.9 Å². The van der Waals surface area contributed by atoms with Gasteiger partial charge in [-0.25, -0.2) is 0 Å². The van der Waals surface area contributed by atoms with Gasteiger partial charge in [0.15, 0.2) is 0 Å². The Morgan fingerprint density at radius 3 is 1.87 bits per heavy atom. The minimum absolute atomic E-state index is 0.160. The van der Waals surface area contributed by atoms with E-state index in [0.29, 0.717) is 0 Å². The highest BCUT2D eigenvalue weighted by Gasteiger charge is 2.44. The third-order valence-electron chi connectivity index (χ3n) is 4.94. The van der Waals surface area contributed by atoms with E-state index in [1.807, 2.05) is 0 Å². The summed E-state index contributed by atoms with van der Waals surface area (Å²) < 4.78 is 49.2. The molecule has 0 N–H and O–H groups in total. The van der Waals surface area contributed by atoms with Crippen LogP contribution in [0.1, 0.15) is 95.6 Å². The van der Waals surface area contributed by atoms with Crippen molar-refractivity contribution in [2.75, 3.05) is 6.61 Å². The maximum Gasteiger partial charge on any atom is 0.429 e. The van der Waals surface area contributed by atoms with Gasteiger partial charge in [-0.05, 0) is 6.42 Å². The molecule has 176 valence electrons. The van der Waals surface area contributed by atoms with E-state index in [4.69, 9.17) is 4.74 Å². The summed E-state index contributed by atoms with van der Waals surface area (Å²) in [5, 5.41) is 0. The fraction of sp³-hybridized carbons (Fsp3) is 0.667. The van der Waals surface area contributed by atoms with Crippen LogP contribution in [0.2, 0.25) is 0 Å². The maximum absolute atomic E-state index is 13.2. The Morgan fingerprint density at radius 2 is 1.32 bits per heavy atom. The second kappa shape index (κ2) is 15.7. The normalized spacial score (nSPS) is 12.4. The van der Waals surface area contributed by atoms with Crippen LogP contribution in [0.25, 0.3) is 0 Å². The quantitative estimate of drug-likeness (QED) is 0.202. The van der Waals surface area contributed by atoms with Crippen LogP contribution in [0, 0.1) is 0 Å². The molecule has 0 bridgehead atoms. The summed E-state index contributed by atoms with van der Waals surface area (Å²) in [6, 6.07) is 6.93. The molecule has 0 fully saturated rings. The van der Waals surface area contributed by atoms with Gasteiger partial charge in [-0.1, -0.05) is 95.0 Å². The highest BCUT2D eigenvalue weighted by atomic mass is 19.4. The SMILES string of the molecule is CCCCCCCCCCCCOC(=O)CCC(=O)OC(c1ccccc1)C(F)(F)F. The summed E-state index contributed by atoms with van der Waals surface area (Å²) in [7, 11) is 0. The number of carbonyl (C=O) groups excluding carboxylic acids is 2. The lowest BCUT2D eigenvalue weighted by molar-refractivity contribution is -0.224. The summed E-state index contributed by atoms with van der Waals surface area (Å²) in [6.45, 7) is 2.47. The van der Waals surface area contributed by atoms with Crippen molar-refractivity contribution in [1.82, 2.24) is 0 Å². The third kappa shape index (κ3) is 13.1. The van der Waals surface area contributed by atoms with Gasteiger partial charge in [0.2, 0.25) is 6.10 Å². The fourth-order valence-corrected chi connectivity index (χ4v) is 3.19. The third-order valence-corrected chi connectivity index (χ3v) is 4.94. The van der Waals surface area contributed by atoms with E-state index in [9.17, 15) is 22.8 Å². The molecular formula is C24H35F3O4. The summed E-state index contributed by atoms with van der Waals surface area (Å²) in [4.78, 5) is 23.5. The van der Waals surface area contributed by atoms with E-state index in [0.717, 1.165) is 19.3 Å². The van der Waals surface area contributed by atoms with Crippen LogP contribution < -0.4 is 0 Å². The molecule has 0 saturated heterocycles. The molecule has 1 aromatic rings. The molecule has 31 heavy (non-hydrogen) atoms. The number of esters is 2. The average molecular weight is 445 g/mol. The second-order valence-corrected chi connectivity index (χ2v) is 7.72. The van der Waals surface area contributed by atoms with E-state index in [2.05, 4.69) is 11.7 Å². The number of hydrogen-bond donors (Lipinski definition) is 0. The van der Waals surface area contributed by atoms with Crippen molar-refractivity contribution in [1.29, 1.82) is 0 Å². The number of ether oxygens (including phenoxy) is 2. The molecule has 7 heteroatoms.